The van der Waals surface area contributed by atoms with Gasteiger partial charge in [0, 0.05) is 37.0 Å². The molecule has 0 spiro atoms. The van der Waals surface area contributed by atoms with Crippen molar-refractivity contribution in [3.63, 3.8) is 0 Å². The predicted molar refractivity (Wildman–Crippen MR) is 134 cm³/mol. The summed E-state index contributed by atoms with van der Waals surface area (Å²) in [5, 5.41) is 4.15. The minimum atomic E-state index is -0.0262. The van der Waals surface area contributed by atoms with Crippen LogP contribution >= 0.6 is 23.4 Å². The van der Waals surface area contributed by atoms with Crippen molar-refractivity contribution in [2.75, 3.05) is 31.1 Å². The van der Waals surface area contributed by atoms with E-state index in [1.165, 1.54) is 12.8 Å². The maximum atomic E-state index is 12.3. The third-order valence-corrected chi connectivity index (χ3v) is 6.88. The van der Waals surface area contributed by atoms with E-state index in [1.807, 2.05) is 30.3 Å². The highest BCUT2D eigenvalue weighted by Crippen LogP contribution is 2.27. The van der Waals surface area contributed by atoms with Crippen LogP contribution in [0.3, 0.4) is 0 Å². The predicted octanol–water partition coefficient (Wildman–Crippen LogP) is 4.91. The van der Waals surface area contributed by atoms with Gasteiger partial charge in [0.25, 0.3) is 5.91 Å². The summed E-state index contributed by atoms with van der Waals surface area (Å²) in [6.45, 7) is 5.75. The molecule has 2 aromatic rings. The Balaban J connectivity index is 1.48. The van der Waals surface area contributed by atoms with E-state index in [0.29, 0.717) is 22.4 Å². The zero-order valence-electron chi connectivity index (χ0n) is 18.9. The fourth-order valence-corrected chi connectivity index (χ4v) is 4.71. The van der Waals surface area contributed by atoms with Gasteiger partial charge < -0.3 is 16.0 Å². The lowest BCUT2D eigenvalue weighted by molar-refractivity contribution is 0.0953. The largest absolute Gasteiger partial charge is 0.356 e. The smallest absolute Gasteiger partial charge is 0.251 e. The second kappa shape index (κ2) is 13.0. The van der Waals surface area contributed by atoms with Crippen LogP contribution in [0, 0.1) is 5.92 Å². The molecule has 3 N–H and O–H groups in total. The summed E-state index contributed by atoms with van der Waals surface area (Å²) in [7, 11) is 0. The van der Waals surface area contributed by atoms with Crippen LogP contribution in [0.25, 0.3) is 0 Å². The van der Waals surface area contributed by atoms with E-state index in [4.69, 9.17) is 22.3 Å². The third-order valence-electron chi connectivity index (χ3n) is 5.77. The van der Waals surface area contributed by atoms with Gasteiger partial charge in [0.05, 0.1) is 0 Å². The van der Waals surface area contributed by atoms with Gasteiger partial charge in [-0.2, -0.15) is 0 Å². The Kier molecular flexibility index (Phi) is 10.1. The molecule has 32 heavy (non-hydrogen) atoms. The lowest BCUT2D eigenvalue weighted by Gasteiger charge is -2.31. The summed E-state index contributed by atoms with van der Waals surface area (Å²) < 4.78 is 0. The number of anilines is 1. The molecule has 0 atom stereocenters. The molecular weight excluding hydrogens is 442 g/mol. The van der Waals surface area contributed by atoms with Crippen LogP contribution < -0.4 is 16.0 Å². The molecule has 1 aliphatic rings. The molecule has 1 fully saturated rings. The minimum absolute atomic E-state index is 0.0262. The highest BCUT2D eigenvalue weighted by atomic mass is 35.5. The minimum Gasteiger partial charge on any atom is -0.356 e. The number of amides is 1. The molecule has 2 heterocycles. The molecule has 1 aliphatic heterocycles. The molecule has 1 aromatic heterocycles. The van der Waals surface area contributed by atoms with E-state index in [2.05, 4.69) is 22.1 Å². The van der Waals surface area contributed by atoms with Crippen LogP contribution in [0.5, 0.6) is 0 Å². The Labute approximate surface area is 200 Å². The molecule has 3 rings (SSSR count). The van der Waals surface area contributed by atoms with Crippen LogP contribution in [0.15, 0.2) is 35.5 Å². The van der Waals surface area contributed by atoms with Crippen LogP contribution in [-0.4, -0.2) is 42.1 Å². The zero-order chi connectivity index (χ0) is 22.8. The van der Waals surface area contributed by atoms with Crippen molar-refractivity contribution in [1.29, 1.82) is 0 Å². The van der Waals surface area contributed by atoms with E-state index in [0.717, 1.165) is 68.4 Å². The summed E-state index contributed by atoms with van der Waals surface area (Å²) in [5.74, 6) is 2.37. The number of nitrogens with zero attached hydrogens (tertiary/aromatic N) is 3. The second-order valence-electron chi connectivity index (χ2n) is 8.45. The fraction of sp³-hybridized carbons (Fsp3) is 0.542. The Morgan fingerprint density at radius 2 is 1.88 bits per heavy atom. The van der Waals surface area contributed by atoms with Crippen molar-refractivity contribution < 1.29 is 4.79 Å². The van der Waals surface area contributed by atoms with Gasteiger partial charge in [-0.05, 0) is 55.8 Å². The SMILES string of the molecule is CC1CCN(c2cc(Cl)nc(SCc3ccc(C(=O)NCCCCCCN)cc3)n2)CC1. The van der Waals surface area contributed by atoms with Crippen LogP contribution in [0.2, 0.25) is 5.15 Å². The van der Waals surface area contributed by atoms with E-state index >= 15 is 0 Å². The number of unbranched alkanes of at least 4 members (excludes halogenated alkanes) is 3. The van der Waals surface area contributed by atoms with E-state index in [9.17, 15) is 4.79 Å². The summed E-state index contributed by atoms with van der Waals surface area (Å²) >= 11 is 7.83. The van der Waals surface area contributed by atoms with Crippen molar-refractivity contribution in [2.24, 2.45) is 11.7 Å². The number of piperidine rings is 1. The van der Waals surface area contributed by atoms with E-state index in [1.54, 1.807) is 11.8 Å². The van der Waals surface area contributed by atoms with Crippen molar-refractivity contribution in [2.45, 2.75) is 56.4 Å². The number of rotatable bonds is 11. The van der Waals surface area contributed by atoms with Gasteiger partial charge >= 0.3 is 0 Å². The number of halogens is 1. The summed E-state index contributed by atoms with van der Waals surface area (Å²) in [5.41, 5.74) is 7.29. The first kappa shape index (κ1) is 24.8. The number of nitrogens with one attached hydrogen (secondary N) is 1. The lowest BCUT2D eigenvalue weighted by atomic mass is 9.99. The van der Waals surface area contributed by atoms with Gasteiger partial charge in [0.1, 0.15) is 11.0 Å². The maximum Gasteiger partial charge on any atom is 0.251 e. The van der Waals surface area contributed by atoms with Crippen molar-refractivity contribution in [3.05, 3.63) is 46.6 Å². The molecule has 0 saturated carbocycles. The second-order valence-corrected chi connectivity index (χ2v) is 9.78. The number of carbonyl (C=O) groups is 1. The lowest BCUT2D eigenvalue weighted by Crippen LogP contribution is -2.33. The molecule has 174 valence electrons. The molecule has 8 heteroatoms. The normalized spacial score (nSPS) is 14.5. The molecule has 0 aliphatic carbocycles. The number of hydrogen-bond acceptors (Lipinski definition) is 6. The molecule has 0 unspecified atom stereocenters. The van der Waals surface area contributed by atoms with Gasteiger partial charge in [-0.3, -0.25) is 4.79 Å². The van der Waals surface area contributed by atoms with Crippen molar-refractivity contribution in [1.82, 2.24) is 15.3 Å². The molecule has 1 saturated heterocycles. The van der Waals surface area contributed by atoms with Crippen molar-refractivity contribution in [3.8, 4) is 0 Å². The van der Waals surface area contributed by atoms with Gasteiger partial charge in [-0.25, -0.2) is 9.97 Å². The first-order chi connectivity index (χ1) is 15.5. The first-order valence-electron chi connectivity index (χ1n) is 11.5. The average Bonchev–Trinajstić information content (AvgIpc) is 2.80. The fourth-order valence-electron chi connectivity index (χ4n) is 3.68. The van der Waals surface area contributed by atoms with Gasteiger partial charge in [0.2, 0.25) is 0 Å². The Bertz CT molecular complexity index is 856. The maximum absolute atomic E-state index is 12.3. The standard InChI is InChI=1S/C24H34ClN5OS/c1-18-10-14-30(15-11-18)22-16-21(25)28-24(29-22)32-17-19-6-8-20(9-7-19)23(31)27-13-5-3-2-4-12-26/h6-9,16,18H,2-5,10-15,17,26H2,1H3,(H,27,31). The molecule has 0 radical (unpaired) electrons. The number of thioether (sulfide) groups is 1. The van der Waals surface area contributed by atoms with Gasteiger partial charge in [-0.15, -0.1) is 0 Å². The number of carbonyl (C=O) groups excluding carboxylic acids is 1. The Hall–Kier alpha value is -1.83. The van der Waals surface area contributed by atoms with Gasteiger partial charge in [0.15, 0.2) is 5.16 Å². The summed E-state index contributed by atoms with van der Waals surface area (Å²) in [6, 6.07) is 9.58. The summed E-state index contributed by atoms with van der Waals surface area (Å²) in [4.78, 5) is 23.7. The summed E-state index contributed by atoms with van der Waals surface area (Å²) in [6.07, 6.45) is 6.60. The third kappa shape index (κ3) is 7.94. The molecule has 1 amide bonds. The van der Waals surface area contributed by atoms with Crippen molar-refractivity contribution >= 4 is 35.1 Å². The highest BCUT2D eigenvalue weighted by Gasteiger charge is 2.18. The van der Waals surface area contributed by atoms with Crippen LogP contribution in [0.1, 0.15) is 61.4 Å². The Morgan fingerprint density at radius 1 is 1.16 bits per heavy atom. The van der Waals surface area contributed by atoms with Crippen LogP contribution in [-0.2, 0) is 5.75 Å². The van der Waals surface area contributed by atoms with Gasteiger partial charge in [-0.1, -0.05) is 55.3 Å². The Morgan fingerprint density at radius 3 is 2.59 bits per heavy atom. The molecular formula is C24H34ClN5OS. The van der Waals surface area contributed by atoms with Crippen LogP contribution in [0.4, 0.5) is 5.82 Å². The number of aromatic nitrogens is 2. The monoisotopic (exact) mass is 475 g/mol. The average molecular weight is 476 g/mol. The number of nitrogens with two attached hydrogens (primary N) is 1. The quantitative estimate of drug-likeness (QED) is 0.208. The molecule has 0 bridgehead atoms. The number of hydrogen-bond donors (Lipinski definition) is 2. The molecule has 6 nitrogen and oxygen atoms in total. The van der Waals surface area contributed by atoms with E-state index < -0.39 is 0 Å². The zero-order valence-corrected chi connectivity index (χ0v) is 20.4. The number of benzene rings is 1. The first-order valence-corrected chi connectivity index (χ1v) is 12.9. The highest BCUT2D eigenvalue weighted by molar-refractivity contribution is 7.98. The van der Waals surface area contributed by atoms with E-state index in [-0.39, 0.29) is 5.91 Å². The molecule has 1 aromatic carbocycles. The topological polar surface area (TPSA) is 84.1 Å².